The van der Waals surface area contributed by atoms with E-state index in [-0.39, 0.29) is 12.5 Å². The molecule has 0 aliphatic heterocycles. The second kappa shape index (κ2) is 8.82. The number of hydrogen-bond donors (Lipinski definition) is 1. The van der Waals surface area contributed by atoms with Gasteiger partial charge in [-0.05, 0) is 42.5 Å². The lowest BCUT2D eigenvalue weighted by atomic mass is 10.0. The van der Waals surface area contributed by atoms with Crippen molar-refractivity contribution in [3.8, 4) is 5.75 Å². The van der Waals surface area contributed by atoms with Crippen molar-refractivity contribution in [3.05, 3.63) is 40.3 Å². The van der Waals surface area contributed by atoms with Crippen LogP contribution in [0.25, 0.3) is 10.4 Å². The number of aliphatic carboxylic acids is 1. The Kier molecular flexibility index (Phi) is 7.00. The van der Waals surface area contributed by atoms with E-state index in [1.54, 1.807) is 0 Å². The highest BCUT2D eigenvalue weighted by Gasteiger charge is 2.10. The van der Waals surface area contributed by atoms with Crippen LogP contribution in [0.3, 0.4) is 0 Å². The van der Waals surface area contributed by atoms with Crippen molar-refractivity contribution in [2.24, 2.45) is 5.11 Å². The summed E-state index contributed by atoms with van der Waals surface area (Å²) in [5.74, 6) is -0.0613. The first-order valence-electron chi connectivity index (χ1n) is 6.66. The monoisotopic (exact) mass is 277 g/mol. The summed E-state index contributed by atoms with van der Waals surface area (Å²) in [5.41, 5.74) is 9.47. The summed E-state index contributed by atoms with van der Waals surface area (Å²) >= 11 is 0. The molecule has 1 rings (SSSR count). The number of hydrogen-bond acceptors (Lipinski definition) is 3. The molecule has 1 atom stereocenters. The van der Waals surface area contributed by atoms with E-state index >= 15 is 0 Å². The van der Waals surface area contributed by atoms with E-state index in [9.17, 15) is 4.79 Å². The molecule has 1 N–H and O–H groups in total. The van der Waals surface area contributed by atoms with E-state index in [0.29, 0.717) is 19.4 Å². The maximum absolute atomic E-state index is 10.5. The van der Waals surface area contributed by atoms with Crippen LogP contribution in [0.2, 0.25) is 0 Å². The minimum atomic E-state index is -0.840. The van der Waals surface area contributed by atoms with Gasteiger partial charge in [-0.25, -0.2) is 0 Å². The Balaban J connectivity index is 2.66. The average molecular weight is 277 g/mol. The van der Waals surface area contributed by atoms with E-state index in [1.165, 1.54) is 0 Å². The van der Waals surface area contributed by atoms with Gasteiger partial charge in [-0.2, -0.15) is 0 Å². The van der Waals surface area contributed by atoms with E-state index in [0.717, 1.165) is 17.7 Å². The number of carboxylic acid groups (broad SMARTS) is 1. The highest BCUT2D eigenvalue weighted by atomic mass is 16.5. The van der Waals surface area contributed by atoms with E-state index < -0.39 is 5.97 Å². The molecule has 20 heavy (non-hydrogen) atoms. The maximum atomic E-state index is 10.5. The zero-order chi connectivity index (χ0) is 14.8. The van der Waals surface area contributed by atoms with Crippen LogP contribution in [0, 0.1) is 0 Å². The Morgan fingerprint density at radius 2 is 2.15 bits per heavy atom. The molecule has 0 heterocycles. The fraction of sp³-hybridized carbons (Fsp3) is 0.500. The summed E-state index contributed by atoms with van der Waals surface area (Å²) in [4.78, 5) is 13.3. The van der Waals surface area contributed by atoms with Crippen molar-refractivity contribution < 1.29 is 14.6 Å². The van der Waals surface area contributed by atoms with Crippen molar-refractivity contribution >= 4 is 5.97 Å². The molecule has 0 saturated heterocycles. The van der Waals surface area contributed by atoms with Crippen LogP contribution in [0.1, 0.15) is 44.2 Å². The molecular weight excluding hydrogens is 258 g/mol. The molecule has 0 fully saturated rings. The highest BCUT2D eigenvalue weighted by molar-refractivity contribution is 5.66. The lowest BCUT2D eigenvalue weighted by Gasteiger charge is -2.12. The second-order valence-electron chi connectivity index (χ2n) is 4.42. The fourth-order valence-corrected chi connectivity index (χ4v) is 1.81. The summed E-state index contributed by atoms with van der Waals surface area (Å²) in [7, 11) is 0. The summed E-state index contributed by atoms with van der Waals surface area (Å²) in [6, 6.07) is 7.04. The largest absolute Gasteiger partial charge is 0.494 e. The van der Waals surface area contributed by atoms with Crippen molar-refractivity contribution in [2.75, 3.05) is 6.61 Å². The van der Waals surface area contributed by atoms with Crippen LogP contribution in [0.4, 0.5) is 0 Å². The summed E-state index contributed by atoms with van der Waals surface area (Å²) in [6.45, 7) is 2.70. The fourth-order valence-electron chi connectivity index (χ4n) is 1.81. The SMILES string of the molecule is CCCOc1ccc(C(CCCC(=O)O)N=[N+]=[N-])cc1. The van der Waals surface area contributed by atoms with Gasteiger partial charge in [0, 0.05) is 11.3 Å². The predicted octanol–water partition coefficient (Wildman–Crippen LogP) is 4.08. The van der Waals surface area contributed by atoms with Gasteiger partial charge in [0.15, 0.2) is 0 Å². The zero-order valence-corrected chi connectivity index (χ0v) is 11.5. The maximum Gasteiger partial charge on any atom is 0.303 e. The Hall–Kier alpha value is -2.20. The van der Waals surface area contributed by atoms with E-state index in [1.807, 2.05) is 31.2 Å². The van der Waals surface area contributed by atoms with Gasteiger partial charge in [0.05, 0.1) is 12.6 Å². The van der Waals surface area contributed by atoms with E-state index in [4.69, 9.17) is 15.4 Å². The van der Waals surface area contributed by atoms with Gasteiger partial charge in [0.1, 0.15) is 5.75 Å². The second-order valence-corrected chi connectivity index (χ2v) is 4.42. The number of rotatable bonds is 9. The average Bonchev–Trinajstić information content (AvgIpc) is 2.44. The van der Waals surface area contributed by atoms with Gasteiger partial charge >= 0.3 is 5.97 Å². The molecule has 0 aliphatic carbocycles. The summed E-state index contributed by atoms with van der Waals surface area (Å²) in [6.07, 6.45) is 2.02. The molecule has 0 spiro atoms. The van der Waals surface area contributed by atoms with Gasteiger partial charge in [-0.15, -0.1) is 0 Å². The molecular formula is C14H19N3O3. The highest BCUT2D eigenvalue weighted by Crippen LogP contribution is 2.25. The number of ether oxygens (including phenoxy) is 1. The number of carboxylic acids is 1. The van der Waals surface area contributed by atoms with Gasteiger partial charge < -0.3 is 9.84 Å². The van der Waals surface area contributed by atoms with Crippen LogP contribution >= 0.6 is 0 Å². The molecule has 1 aromatic carbocycles. The van der Waals surface area contributed by atoms with Crippen LogP contribution < -0.4 is 4.74 Å². The minimum absolute atomic E-state index is 0.0785. The Bertz CT molecular complexity index is 467. The molecule has 0 bridgehead atoms. The topological polar surface area (TPSA) is 95.3 Å². The van der Waals surface area contributed by atoms with Gasteiger partial charge in [-0.1, -0.05) is 24.2 Å². The molecule has 0 saturated carbocycles. The Morgan fingerprint density at radius 1 is 1.45 bits per heavy atom. The normalized spacial score (nSPS) is 11.4. The van der Waals surface area contributed by atoms with Crippen LogP contribution in [-0.4, -0.2) is 17.7 Å². The number of carbonyl (C=O) groups is 1. The van der Waals surface area contributed by atoms with Crippen molar-refractivity contribution in [1.82, 2.24) is 0 Å². The lowest BCUT2D eigenvalue weighted by molar-refractivity contribution is -0.137. The van der Waals surface area contributed by atoms with Crippen LogP contribution in [0.5, 0.6) is 5.75 Å². The molecule has 108 valence electrons. The molecule has 0 radical (unpaired) electrons. The van der Waals surface area contributed by atoms with Crippen molar-refractivity contribution in [2.45, 2.75) is 38.6 Å². The van der Waals surface area contributed by atoms with Gasteiger partial charge in [-0.3, -0.25) is 4.79 Å². The molecule has 1 unspecified atom stereocenters. The predicted molar refractivity (Wildman–Crippen MR) is 75.6 cm³/mol. The minimum Gasteiger partial charge on any atom is -0.494 e. The van der Waals surface area contributed by atoms with Crippen LogP contribution in [0.15, 0.2) is 29.4 Å². The smallest absolute Gasteiger partial charge is 0.303 e. The third kappa shape index (κ3) is 5.63. The van der Waals surface area contributed by atoms with Crippen molar-refractivity contribution in [1.29, 1.82) is 0 Å². The Morgan fingerprint density at radius 3 is 2.70 bits per heavy atom. The number of nitrogens with zero attached hydrogens (tertiary/aromatic N) is 3. The number of azide groups is 1. The number of benzene rings is 1. The zero-order valence-electron chi connectivity index (χ0n) is 11.5. The van der Waals surface area contributed by atoms with Crippen molar-refractivity contribution in [3.63, 3.8) is 0 Å². The van der Waals surface area contributed by atoms with E-state index in [2.05, 4.69) is 10.0 Å². The van der Waals surface area contributed by atoms with Crippen LogP contribution in [-0.2, 0) is 4.79 Å². The third-order valence-electron chi connectivity index (χ3n) is 2.80. The molecule has 6 heteroatoms. The van der Waals surface area contributed by atoms with Gasteiger partial charge in [0.25, 0.3) is 0 Å². The molecule has 0 aliphatic rings. The summed E-state index contributed by atoms with van der Waals surface area (Å²) in [5, 5.41) is 12.4. The molecule has 1 aromatic rings. The first-order valence-corrected chi connectivity index (χ1v) is 6.66. The van der Waals surface area contributed by atoms with Gasteiger partial charge in [0.2, 0.25) is 0 Å². The Labute approximate surface area is 118 Å². The third-order valence-corrected chi connectivity index (χ3v) is 2.80. The standard InChI is InChI=1S/C14H19N3O3/c1-2-10-20-12-8-6-11(7-9-12)13(16-17-15)4-3-5-14(18)19/h6-9,13H,2-5,10H2,1H3,(H,18,19). The molecule has 6 nitrogen and oxygen atoms in total. The lowest BCUT2D eigenvalue weighted by Crippen LogP contribution is -2.00. The first kappa shape index (κ1) is 15.9. The first-order chi connectivity index (χ1) is 9.67. The molecule has 0 amide bonds. The molecule has 0 aromatic heterocycles. The quantitative estimate of drug-likeness (QED) is 0.418. The summed E-state index contributed by atoms with van der Waals surface area (Å²) < 4.78 is 5.48.